The minimum Gasteiger partial charge on any atom is -0.338 e. The smallest absolute Gasteiger partial charge is 0.255 e. The number of likely N-dealkylation sites (N-methyl/N-ethyl adjacent to an activating group) is 1. The molecule has 0 unspecified atom stereocenters. The topological polar surface area (TPSA) is 43.9 Å². The van der Waals surface area contributed by atoms with E-state index in [-0.39, 0.29) is 34.8 Å². The van der Waals surface area contributed by atoms with Crippen molar-refractivity contribution in [1.29, 1.82) is 0 Å². The molecule has 30 heavy (non-hydrogen) atoms. The average Bonchev–Trinajstić information content (AvgIpc) is 2.72. The van der Waals surface area contributed by atoms with Gasteiger partial charge in [0.2, 0.25) is 5.91 Å². The molecule has 0 radical (unpaired) electrons. The summed E-state index contributed by atoms with van der Waals surface area (Å²) in [5, 5.41) is 0.0912. The molecule has 1 aliphatic rings. The van der Waals surface area contributed by atoms with Crippen LogP contribution in [-0.4, -0.2) is 65.8 Å². The predicted octanol–water partition coefficient (Wildman–Crippen LogP) is 3.42. The van der Waals surface area contributed by atoms with Crippen molar-refractivity contribution >= 4 is 23.4 Å². The summed E-state index contributed by atoms with van der Waals surface area (Å²) in [4.78, 5) is 30.7. The molecule has 1 fully saturated rings. The molecule has 2 aromatic rings. The van der Waals surface area contributed by atoms with Crippen LogP contribution in [-0.2, 0) is 11.3 Å². The zero-order valence-electron chi connectivity index (χ0n) is 16.8. The van der Waals surface area contributed by atoms with Gasteiger partial charge < -0.3 is 9.80 Å². The van der Waals surface area contributed by atoms with Gasteiger partial charge in [0.05, 0.1) is 17.1 Å². The molecule has 2 amide bonds. The molecular weight excluding hydrogens is 412 g/mol. The lowest BCUT2D eigenvalue weighted by Crippen LogP contribution is -2.51. The monoisotopic (exact) mass is 435 g/mol. The third-order valence-corrected chi connectivity index (χ3v) is 5.49. The molecule has 2 aromatic carbocycles. The lowest BCUT2D eigenvalue weighted by Gasteiger charge is -2.35. The lowest BCUT2D eigenvalue weighted by atomic mass is 10.1. The van der Waals surface area contributed by atoms with Crippen LogP contribution < -0.4 is 0 Å². The first-order valence-electron chi connectivity index (χ1n) is 9.86. The highest BCUT2D eigenvalue weighted by atomic mass is 35.5. The molecule has 0 spiro atoms. The van der Waals surface area contributed by atoms with Crippen molar-refractivity contribution < 1.29 is 18.4 Å². The van der Waals surface area contributed by atoms with Gasteiger partial charge in [-0.05, 0) is 42.8 Å². The molecule has 1 saturated heterocycles. The molecule has 0 atom stereocenters. The molecule has 5 nitrogen and oxygen atoms in total. The first-order valence-corrected chi connectivity index (χ1v) is 10.2. The van der Waals surface area contributed by atoms with Crippen LogP contribution >= 0.6 is 11.6 Å². The average molecular weight is 436 g/mol. The van der Waals surface area contributed by atoms with E-state index in [0.717, 1.165) is 11.6 Å². The van der Waals surface area contributed by atoms with Crippen LogP contribution in [0.3, 0.4) is 0 Å². The first kappa shape index (κ1) is 22.2. The predicted molar refractivity (Wildman–Crippen MR) is 111 cm³/mol. The summed E-state index contributed by atoms with van der Waals surface area (Å²) in [7, 11) is 0. The maximum absolute atomic E-state index is 13.4. The van der Waals surface area contributed by atoms with E-state index < -0.39 is 5.82 Å². The minimum atomic E-state index is -0.487. The van der Waals surface area contributed by atoms with Gasteiger partial charge in [0.25, 0.3) is 5.91 Å². The second-order valence-electron chi connectivity index (χ2n) is 7.23. The van der Waals surface area contributed by atoms with E-state index in [0.29, 0.717) is 39.3 Å². The van der Waals surface area contributed by atoms with Gasteiger partial charge in [-0.15, -0.1) is 0 Å². The number of amides is 2. The van der Waals surface area contributed by atoms with Gasteiger partial charge >= 0.3 is 0 Å². The van der Waals surface area contributed by atoms with Crippen LogP contribution in [0.15, 0.2) is 42.5 Å². The normalized spacial score (nSPS) is 14.6. The number of carbonyl (C=O) groups excluding carboxylic acids is 2. The number of benzene rings is 2. The molecule has 0 aromatic heterocycles. The second kappa shape index (κ2) is 10.00. The quantitative estimate of drug-likeness (QED) is 0.698. The van der Waals surface area contributed by atoms with E-state index in [1.54, 1.807) is 21.9 Å². The molecule has 8 heteroatoms. The summed E-state index contributed by atoms with van der Waals surface area (Å²) < 4.78 is 26.6. The molecule has 1 aliphatic heterocycles. The van der Waals surface area contributed by atoms with E-state index >= 15 is 0 Å². The second-order valence-corrected chi connectivity index (χ2v) is 7.64. The van der Waals surface area contributed by atoms with Crippen LogP contribution in [0.2, 0.25) is 5.02 Å². The van der Waals surface area contributed by atoms with E-state index in [2.05, 4.69) is 0 Å². The van der Waals surface area contributed by atoms with Crippen molar-refractivity contribution in [3.8, 4) is 0 Å². The fraction of sp³-hybridized carbons (Fsp3) is 0.364. The van der Waals surface area contributed by atoms with E-state index in [9.17, 15) is 18.4 Å². The Labute approximate surface area is 179 Å². The Kier molecular flexibility index (Phi) is 7.39. The van der Waals surface area contributed by atoms with Crippen molar-refractivity contribution in [2.45, 2.75) is 13.5 Å². The van der Waals surface area contributed by atoms with Crippen molar-refractivity contribution in [2.75, 3.05) is 39.3 Å². The van der Waals surface area contributed by atoms with Crippen LogP contribution in [0.4, 0.5) is 8.78 Å². The van der Waals surface area contributed by atoms with Gasteiger partial charge in [-0.3, -0.25) is 14.5 Å². The number of carbonyl (C=O) groups is 2. The van der Waals surface area contributed by atoms with Gasteiger partial charge in [-0.2, -0.15) is 0 Å². The number of hydrogen-bond acceptors (Lipinski definition) is 3. The fourth-order valence-electron chi connectivity index (χ4n) is 3.47. The zero-order chi connectivity index (χ0) is 21.7. The Morgan fingerprint density at radius 3 is 2.37 bits per heavy atom. The summed E-state index contributed by atoms with van der Waals surface area (Å²) in [5.74, 6) is -1.09. The van der Waals surface area contributed by atoms with E-state index in [1.807, 2.05) is 11.8 Å². The molecule has 0 aliphatic carbocycles. The fourth-order valence-corrected chi connectivity index (χ4v) is 3.71. The van der Waals surface area contributed by atoms with Crippen molar-refractivity contribution in [3.63, 3.8) is 0 Å². The van der Waals surface area contributed by atoms with Gasteiger partial charge in [0.15, 0.2) is 0 Å². The SMILES string of the molecule is CCN(Cc1cccc(F)c1)C(=O)CN1CCN(C(=O)c2ccc(F)cc2Cl)CC1. The maximum atomic E-state index is 13.4. The Bertz CT molecular complexity index is 917. The van der Waals surface area contributed by atoms with Crippen LogP contribution in [0.5, 0.6) is 0 Å². The van der Waals surface area contributed by atoms with Crippen molar-refractivity contribution in [2.24, 2.45) is 0 Å². The highest BCUT2D eigenvalue weighted by Crippen LogP contribution is 2.20. The number of nitrogens with zero attached hydrogens (tertiary/aromatic N) is 3. The van der Waals surface area contributed by atoms with Crippen molar-refractivity contribution in [1.82, 2.24) is 14.7 Å². The third-order valence-electron chi connectivity index (χ3n) is 5.18. The number of halogens is 3. The van der Waals surface area contributed by atoms with Crippen LogP contribution in [0.1, 0.15) is 22.8 Å². The van der Waals surface area contributed by atoms with Gasteiger partial charge in [0, 0.05) is 39.3 Å². The number of rotatable bonds is 6. The minimum absolute atomic E-state index is 0.0388. The zero-order valence-corrected chi connectivity index (χ0v) is 17.5. The standard InChI is InChI=1S/C22H24ClF2N3O2/c1-2-27(14-16-4-3-5-17(24)12-16)21(29)15-26-8-10-28(11-9-26)22(30)19-7-6-18(25)13-20(19)23/h3-7,12-13H,2,8-11,14-15H2,1H3. The maximum Gasteiger partial charge on any atom is 0.255 e. The highest BCUT2D eigenvalue weighted by Gasteiger charge is 2.25. The molecule has 0 bridgehead atoms. The summed E-state index contributed by atoms with van der Waals surface area (Å²) >= 11 is 6.00. The summed E-state index contributed by atoms with van der Waals surface area (Å²) in [6, 6.07) is 9.97. The van der Waals surface area contributed by atoms with Gasteiger partial charge in [-0.25, -0.2) is 8.78 Å². The van der Waals surface area contributed by atoms with Crippen LogP contribution in [0, 0.1) is 11.6 Å². The molecular formula is C22H24ClF2N3O2. The highest BCUT2D eigenvalue weighted by molar-refractivity contribution is 6.33. The summed E-state index contributed by atoms with van der Waals surface area (Å²) in [5.41, 5.74) is 1.02. The van der Waals surface area contributed by atoms with E-state index in [1.165, 1.54) is 24.3 Å². The number of hydrogen-bond donors (Lipinski definition) is 0. The molecule has 3 rings (SSSR count). The Morgan fingerprint density at radius 2 is 1.73 bits per heavy atom. The Balaban J connectivity index is 1.53. The third kappa shape index (κ3) is 5.55. The summed E-state index contributed by atoms with van der Waals surface area (Å²) in [6.07, 6.45) is 0. The molecule has 0 N–H and O–H groups in total. The van der Waals surface area contributed by atoms with E-state index in [4.69, 9.17) is 11.6 Å². The Morgan fingerprint density at radius 1 is 1.03 bits per heavy atom. The van der Waals surface area contributed by atoms with Gasteiger partial charge in [-0.1, -0.05) is 23.7 Å². The van der Waals surface area contributed by atoms with Gasteiger partial charge in [0.1, 0.15) is 11.6 Å². The van der Waals surface area contributed by atoms with Crippen LogP contribution in [0.25, 0.3) is 0 Å². The molecule has 1 heterocycles. The summed E-state index contributed by atoms with van der Waals surface area (Å²) in [6.45, 7) is 5.02. The molecule has 0 saturated carbocycles. The lowest BCUT2D eigenvalue weighted by molar-refractivity contribution is -0.133. The van der Waals surface area contributed by atoms with Crippen molar-refractivity contribution in [3.05, 3.63) is 70.2 Å². The number of piperazine rings is 1. The molecule has 160 valence electrons. The largest absolute Gasteiger partial charge is 0.338 e. The first-order chi connectivity index (χ1) is 14.4. The Hall–Kier alpha value is -2.51.